The monoisotopic (exact) mass is 639 g/mol. The number of piperazine rings is 1. The number of amides is 6. The molecule has 0 spiro atoms. The first-order valence-electron chi connectivity index (χ1n) is 16.3. The second-order valence-electron chi connectivity index (χ2n) is 14.0. The number of likely N-dealkylation sites (tertiary alicyclic amines) is 1. The van der Waals surface area contributed by atoms with Gasteiger partial charge in [-0.2, -0.15) is 0 Å². The summed E-state index contributed by atoms with van der Waals surface area (Å²) in [5.41, 5.74) is 5.64. The maximum Gasteiger partial charge on any atom is 0.315 e. The minimum atomic E-state index is -1.10. The first kappa shape index (κ1) is 34.7. The highest BCUT2D eigenvalue weighted by atomic mass is 16.2. The van der Waals surface area contributed by atoms with Gasteiger partial charge < -0.3 is 36.4 Å². The van der Waals surface area contributed by atoms with E-state index in [4.69, 9.17) is 5.73 Å². The molecule has 2 heterocycles. The van der Waals surface area contributed by atoms with Gasteiger partial charge in [-0.15, -0.1) is 0 Å². The molecule has 3 fully saturated rings. The molecule has 252 valence electrons. The Kier molecular flexibility index (Phi) is 11.3. The first-order valence-corrected chi connectivity index (χ1v) is 16.3. The summed E-state index contributed by atoms with van der Waals surface area (Å²) in [6, 6.07) is 6.40. The van der Waals surface area contributed by atoms with Gasteiger partial charge in [0.15, 0.2) is 0 Å². The third-order valence-electron chi connectivity index (χ3n) is 9.31. The topological polar surface area (TPSA) is 174 Å². The van der Waals surface area contributed by atoms with E-state index in [0.717, 1.165) is 24.9 Å². The summed E-state index contributed by atoms with van der Waals surface area (Å²) in [6.07, 6.45) is 3.57. The predicted octanol–water partition coefficient (Wildman–Crippen LogP) is 1.02. The highest BCUT2D eigenvalue weighted by molar-refractivity contribution is 6.37. The maximum atomic E-state index is 14.0. The number of rotatable bonds is 11. The average molecular weight is 640 g/mol. The lowest BCUT2D eigenvalue weighted by Gasteiger charge is -2.37. The number of ketones is 1. The third-order valence-corrected chi connectivity index (χ3v) is 9.31. The quantitative estimate of drug-likeness (QED) is 0.262. The van der Waals surface area contributed by atoms with Crippen molar-refractivity contribution in [1.29, 1.82) is 0 Å². The molecule has 0 radical (unpaired) electrons. The number of para-hydroxylation sites is 1. The van der Waals surface area contributed by atoms with Crippen LogP contribution in [0, 0.1) is 17.3 Å². The van der Waals surface area contributed by atoms with Gasteiger partial charge in [0, 0.05) is 38.4 Å². The lowest BCUT2D eigenvalue weighted by atomic mass is 9.80. The number of hydrogen-bond donors (Lipinski definition) is 4. The summed E-state index contributed by atoms with van der Waals surface area (Å²) in [5, 5.41) is 8.06. The summed E-state index contributed by atoms with van der Waals surface area (Å²) in [4.78, 5) is 83.0. The molecule has 46 heavy (non-hydrogen) atoms. The number of benzene rings is 1. The Morgan fingerprint density at radius 2 is 1.61 bits per heavy atom. The number of urea groups is 1. The summed E-state index contributed by atoms with van der Waals surface area (Å²) >= 11 is 0. The lowest BCUT2D eigenvalue weighted by Crippen LogP contribution is -2.60. The van der Waals surface area contributed by atoms with E-state index in [0.29, 0.717) is 39.0 Å². The van der Waals surface area contributed by atoms with Crippen LogP contribution in [0.25, 0.3) is 0 Å². The third kappa shape index (κ3) is 8.76. The van der Waals surface area contributed by atoms with Crippen molar-refractivity contribution in [2.75, 3.05) is 44.2 Å². The van der Waals surface area contributed by atoms with Crippen LogP contribution in [0.4, 0.5) is 10.5 Å². The molecule has 4 rings (SSSR count). The lowest BCUT2D eigenvalue weighted by molar-refractivity contribution is -0.143. The van der Waals surface area contributed by atoms with Gasteiger partial charge in [-0.25, -0.2) is 4.79 Å². The molecule has 6 amide bonds. The van der Waals surface area contributed by atoms with E-state index in [1.165, 1.54) is 4.90 Å². The summed E-state index contributed by atoms with van der Waals surface area (Å²) in [5.74, 6) is -2.90. The normalized spacial score (nSPS) is 21.5. The zero-order chi connectivity index (χ0) is 33.6. The Labute approximate surface area is 271 Å². The molecule has 3 aliphatic rings. The van der Waals surface area contributed by atoms with Crippen molar-refractivity contribution >= 4 is 41.1 Å². The van der Waals surface area contributed by atoms with Gasteiger partial charge in [0.05, 0.1) is 12.6 Å². The van der Waals surface area contributed by atoms with Gasteiger partial charge in [0.2, 0.25) is 23.5 Å². The van der Waals surface area contributed by atoms with E-state index >= 15 is 0 Å². The zero-order valence-corrected chi connectivity index (χ0v) is 27.4. The molecule has 1 aromatic carbocycles. The molecular formula is C33H49N7O6. The molecule has 0 aromatic heterocycles. The molecule has 2 saturated heterocycles. The van der Waals surface area contributed by atoms with Crippen LogP contribution in [-0.4, -0.2) is 103 Å². The molecule has 4 unspecified atom stereocenters. The van der Waals surface area contributed by atoms with Crippen LogP contribution in [0.3, 0.4) is 0 Å². The highest BCUT2D eigenvalue weighted by Gasteiger charge is 2.45. The number of hydrogen-bond acceptors (Lipinski definition) is 7. The minimum absolute atomic E-state index is 0.00829. The highest BCUT2D eigenvalue weighted by Crippen LogP contribution is 2.32. The predicted molar refractivity (Wildman–Crippen MR) is 172 cm³/mol. The fraction of sp³-hybridized carbons (Fsp3) is 0.636. The summed E-state index contributed by atoms with van der Waals surface area (Å²) in [7, 11) is 0. The number of carbonyl (C=O) groups excluding carboxylic acids is 6. The fourth-order valence-electron chi connectivity index (χ4n) is 6.39. The smallest absolute Gasteiger partial charge is 0.315 e. The number of carbonyl (C=O) groups is 6. The fourth-order valence-corrected chi connectivity index (χ4v) is 6.39. The Morgan fingerprint density at radius 1 is 0.957 bits per heavy atom. The van der Waals surface area contributed by atoms with E-state index in [2.05, 4.69) is 20.9 Å². The Hall–Kier alpha value is -4.16. The number of nitrogens with two attached hydrogens (primary N) is 1. The van der Waals surface area contributed by atoms with Crippen molar-refractivity contribution in [3.8, 4) is 0 Å². The van der Waals surface area contributed by atoms with E-state index < -0.39 is 53.1 Å². The van der Waals surface area contributed by atoms with Gasteiger partial charge in [-0.1, -0.05) is 65.2 Å². The van der Waals surface area contributed by atoms with Crippen LogP contribution in [-0.2, 0) is 24.0 Å². The van der Waals surface area contributed by atoms with E-state index in [-0.39, 0.29) is 30.8 Å². The van der Waals surface area contributed by atoms with Crippen LogP contribution in [0.15, 0.2) is 30.3 Å². The van der Waals surface area contributed by atoms with Gasteiger partial charge in [-0.05, 0) is 42.2 Å². The Bertz CT molecular complexity index is 1290. The molecule has 1 saturated carbocycles. The number of Topliss-reactive ketones (excluding diaryl/α,β-unsaturated/α-hetero) is 1. The minimum Gasteiger partial charge on any atom is -0.368 e. The van der Waals surface area contributed by atoms with Crippen LogP contribution >= 0.6 is 0 Å². The SMILES string of the molecule is CC1CC(C(=O)NC(CC2CCC2)C(=O)C(N)=O)N(C(=O)C(NC(=O)NCC(=O)N2CCN(c3ccccc3)CC2)C(C)(C)C)C1. The first-order chi connectivity index (χ1) is 21.7. The molecule has 1 aromatic rings. The average Bonchev–Trinajstić information content (AvgIpc) is 3.40. The number of nitrogens with zero attached hydrogens (tertiary/aromatic N) is 3. The zero-order valence-electron chi connectivity index (χ0n) is 27.4. The number of nitrogens with one attached hydrogen (secondary N) is 3. The van der Waals surface area contributed by atoms with Gasteiger partial charge >= 0.3 is 6.03 Å². The summed E-state index contributed by atoms with van der Waals surface area (Å²) < 4.78 is 0. The Balaban J connectivity index is 1.34. The standard InChI is InChI=1S/C33H49N7O6/c1-21-17-25(30(44)36-24(27(42)29(34)43)18-22-9-8-10-22)40(20-21)31(45)28(33(2,3)4)37-32(46)35-19-26(41)39-15-13-38(14-16-39)23-11-6-5-7-12-23/h5-7,11-12,21-22,24-25,28H,8-10,13-20H2,1-4H3,(H2,34,43)(H,36,44)(H2,35,37,46). The molecule has 13 heteroatoms. The van der Waals surface area contributed by atoms with Gasteiger partial charge in [0.1, 0.15) is 12.1 Å². The van der Waals surface area contributed by atoms with Crippen LogP contribution in [0.5, 0.6) is 0 Å². The largest absolute Gasteiger partial charge is 0.368 e. The second-order valence-corrected chi connectivity index (χ2v) is 14.0. The molecular weight excluding hydrogens is 590 g/mol. The van der Waals surface area contributed by atoms with Crippen LogP contribution in [0.2, 0.25) is 0 Å². The van der Waals surface area contributed by atoms with Crippen molar-refractivity contribution in [3.05, 3.63) is 30.3 Å². The van der Waals surface area contributed by atoms with Crippen molar-refractivity contribution < 1.29 is 28.8 Å². The summed E-state index contributed by atoms with van der Waals surface area (Å²) in [6.45, 7) is 9.85. The molecule has 1 aliphatic carbocycles. The second kappa shape index (κ2) is 15.0. The molecule has 0 bridgehead atoms. The van der Waals surface area contributed by atoms with Gasteiger partial charge in [0.25, 0.3) is 5.91 Å². The van der Waals surface area contributed by atoms with E-state index in [9.17, 15) is 28.8 Å². The van der Waals surface area contributed by atoms with E-state index in [1.54, 1.807) is 4.90 Å². The molecule has 2 aliphatic heterocycles. The van der Waals surface area contributed by atoms with E-state index in [1.807, 2.05) is 58.0 Å². The van der Waals surface area contributed by atoms with Gasteiger partial charge in [-0.3, -0.25) is 24.0 Å². The van der Waals surface area contributed by atoms with Crippen molar-refractivity contribution in [2.45, 2.75) is 77.9 Å². The van der Waals surface area contributed by atoms with Crippen molar-refractivity contribution in [1.82, 2.24) is 25.8 Å². The van der Waals surface area contributed by atoms with Crippen molar-refractivity contribution in [2.24, 2.45) is 23.0 Å². The van der Waals surface area contributed by atoms with Crippen molar-refractivity contribution in [3.63, 3.8) is 0 Å². The van der Waals surface area contributed by atoms with Crippen LogP contribution < -0.4 is 26.6 Å². The van der Waals surface area contributed by atoms with Crippen LogP contribution in [0.1, 0.15) is 59.8 Å². The molecule has 4 atom stereocenters. The number of anilines is 1. The molecule has 13 nitrogen and oxygen atoms in total. The number of primary amides is 1. The maximum absolute atomic E-state index is 14.0. The Morgan fingerprint density at radius 3 is 2.17 bits per heavy atom. The molecule has 5 N–H and O–H groups in total.